The second-order valence-corrected chi connectivity index (χ2v) is 6.30. The van der Waals surface area contributed by atoms with E-state index >= 15 is 0 Å². The van der Waals surface area contributed by atoms with Gasteiger partial charge in [-0.25, -0.2) is 18.6 Å². The number of benzene rings is 1. The van der Waals surface area contributed by atoms with E-state index in [2.05, 4.69) is 10.3 Å². The molecule has 0 fully saturated rings. The van der Waals surface area contributed by atoms with Gasteiger partial charge in [0.05, 0.1) is 11.7 Å². The Morgan fingerprint density at radius 3 is 2.71 bits per heavy atom. The zero-order valence-corrected chi connectivity index (χ0v) is 13.9. The number of nitrogens with zero attached hydrogens (tertiary/aromatic N) is 1. The molecule has 0 aliphatic carbocycles. The predicted molar refractivity (Wildman–Crippen MR) is 85.0 cm³/mol. The Morgan fingerprint density at radius 1 is 1.38 bits per heavy atom. The molecule has 0 saturated heterocycles. The third-order valence-electron chi connectivity index (χ3n) is 3.41. The van der Waals surface area contributed by atoms with Gasteiger partial charge in [0.25, 0.3) is 0 Å². The summed E-state index contributed by atoms with van der Waals surface area (Å²) in [4.78, 5) is 27.2. The molecule has 0 spiro atoms. The molecule has 24 heavy (non-hydrogen) atoms. The lowest BCUT2D eigenvalue weighted by Gasteiger charge is -2.11. The highest BCUT2D eigenvalue weighted by molar-refractivity contribution is 7.13. The molecule has 0 saturated carbocycles. The largest absolute Gasteiger partial charge is 0.477 e. The van der Waals surface area contributed by atoms with E-state index in [1.165, 1.54) is 12.1 Å². The van der Waals surface area contributed by atoms with Crippen molar-refractivity contribution in [3.05, 3.63) is 51.0 Å². The van der Waals surface area contributed by atoms with Gasteiger partial charge in [-0.3, -0.25) is 4.79 Å². The van der Waals surface area contributed by atoms with Crippen molar-refractivity contribution in [1.29, 1.82) is 0 Å². The van der Waals surface area contributed by atoms with Crippen LogP contribution in [0, 0.1) is 18.6 Å². The molecule has 128 valence electrons. The van der Waals surface area contributed by atoms with Crippen LogP contribution in [0.2, 0.25) is 0 Å². The van der Waals surface area contributed by atoms with Gasteiger partial charge in [-0.2, -0.15) is 0 Å². The number of carbonyl (C=O) groups is 2. The van der Waals surface area contributed by atoms with Crippen LogP contribution >= 0.6 is 11.3 Å². The molecular weight excluding hydrogens is 338 g/mol. The van der Waals surface area contributed by atoms with Gasteiger partial charge in [-0.05, 0) is 31.9 Å². The summed E-state index contributed by atoms with van der Waals surface area (Å²) < 4.78 is 26.6. The highest BCUT2D eigenvalue weighted by Crippen LogP contribution is 2.23. The summed E-state index contributed by atoms with van der Waals surface area (Å²) in [5.74, 6) is -3.30. The maximum absolute atomic E-state index is 13.5. The van der Waals surface area contributed by atoms with Gasteiger partial charge in [-0.15, -0.1) is 11.3 Å². The molecule has 5 nitrogen and oxygen atoms in total. The van der Waals surface area contributed by atoms with Crippen molar-refractivity contribution in [3.8, 4) is 0 Å². The monoisotopic (exact) mass is 354 g/mol. The number of thiazole rings is 1. The van der Waals surface area contributed by atoms with Gasteiger partial charge in [0.2, 0.25) is 5.91 Å². The Morgan fingerprint density at radius 2 is 2.08 bits per heavy atom. The van der Waals surface area contributed by atoms with Crippen molar-refractivity contribution in [1.82, 2.24) is 10.3 Å². The fourth-order valence-corrected chi connectivity index (χ4v) is 3.07. The Balaban J connectivity index is 1.95. The fourth-order valence-electron chi connectivity index (χ4n) is 2.17. The standard InChI is InChI=1S/C16H16F2N2O3S/c1-8-14(16(22)23)24-15(20-8)9(2)19-12(21)7-6-10-4-3-5-11(17)13(10)18/h3-5,9H,6-7H2,1-2H3,(H,19,21)(H,22,23). The Bertz CT molecular complexity index is 777. The molecule has 1 atom stereocenters. The van der Waals surface area contributed by atoms with Crippen molar-refractivity contribution in [3.63, 3.8) is 0 Å². The zero-order chi connectivity index (χ0) is 17.9. The van der Waals surface area contributed by atoms with E-state index in [0.717, 1.165) is 17.4 Å². The predicted octanol–water partition coefficient (Wildman–Crippen LogP) is 3.24. The van der Waals surface area contributed by atoms with E-state index in [4.69, 9.17) is 5.11 Å². The lowest BCUT2D eigenvalue weighted by Crippen LogP contribution is -2.26. The van der Waals surface area contributed by atoms with Crippen molar-refractivity contribution >= 4 is 23.2 Å². The summed E-state index contributed by atoms with van der Waals surface area (Å²) in [5, 5.41) is 12.2. The number of amides is 1. The summed E-state index contributed by atoms with van der Waals surface area (Å²) >= 11 is 1.00. The maximum atomic E-state index is 13.5. The molecule has 1 heterocycles. The molecular formula is C16H16F2N2O3S. The SMILES string of the molecule is Cc1nc(C(C)NC(=O)CCc2cccc(F)c2F)sc1C(=O)O. The van der Waals surface area contributed by atoms with E-state index in [1.807, 2.05) is 0 Å². The molecule has 2 rings (SSSR count). The van der Waals surface area contributed by atoms with Gasteiger partial charge in [0.1, 0.15) is 9.88 Å². The van der Waals surface area contributed by atoms with E-state index in [1.54, 1.807) is 13.8 Å². The normalized spacial score (nSPS) is 12.0. The van der Waals surface area contributed by atoms with E-state index < -0.39 is 23.6 Å². The first-order valence-corrected chi connectivity index (χ1v) is 8.04. The minimum atomic E-state index is -1.06. The number of hydrogen-bond acceptors (Lipinski definition) is 4. The number of carbonyl (C=O) groups excluding carboxylic acids is 1. The first-order valence-electron chi connectivity index (χ1n) is 7.22. The van der Waals surface area contributed by atoms with Crippen LogP contribution in [-0.4, -0.2) is 22.0 Å². The molecule has 1 aromatic heterocycles. The number of aromatic nitrogens is 1. The molecule has 0 aliphatic heterocycles. The number of carboxylic acid groups (broad SMARTS) is 1. The van der Waals surface area contributed by atoms with Crippen LogP contribution in [0.25, 0.3) is 0 Å². The first-order chi connectivity index (χ1) is 11.3. The van der Waals surface area contributed by atoms with Gasteiger partial charge in [0, 0.05) is 6.42 Å². The van der Waals surface area contributed by atoms with E-state index in [9.17, 15) is 18.4 Å². The minimum Gasteiger partial charge on any atom is -0.477 e. The topological polar surface area (TPSA) is 79.3 Å². The Labute approximate surface area is 141 Å². The lowest BCUT2D eigenvalue weighted by atomic mass is 10.1. The van der Waals surface area contributed by atoms with Crippen LogP contribution in [0.4, 0.5) is 8.78 Å². The number of aryl methyl sites for hydroxylation is 2. The fraction of sp³-hybridized carbons (Fsp3) is 0.312. The number of hydrogen-bond donors (Lipinski definition) is 2. The van der Waals surface area contributed by atoms with Gasteiger partial charge in [-0.1, -0.05) is 12.1 Å². The summed E-state index contributed by atoms with van der Waals surface area (Å²) in [5.41, 5.74) is 0.529. The van der Waals surface area contributed by atoms with Gasteiger partial charge in [0.15, 0.2) is 11.6 Å². The number of carboxylic acids is 1. The summed E-state index contributed by atoms with van der Waals surface area (Å²) in [6, 6.07) is 3.37. The highest BCUT2D eigenvalue weighted by Gasteiger charge is 2.19. The van der Waals surface area contributed by atoms with Gasteiger partial charge >= 0.3 is 5.97 Å². The van der Waals surface area contributed by atoms with Crippen LogP contribution in [0.5, 0.6) is 0 Å². The number of halogens is 2. The molecule has 0 aliphatic rings. The van der Waals surface area contributed by atoms with E-state index in [0.29, 0.717) is 10.7 Å². The number of rotatable bonds is 6. The minimum absolute atomic E-state index is 0.0130. The average Bonchev–Trinajstić information content (AvgIpc) is 2.91. The summed E-state index contributed by atoms with van der Waals surface area (Å²) in [6.45, 7) is 3.27. The van der Waals surface area contributed by atoms with Gasteiger partial charge < -0.3 is 10.4 Å². The van der Waals surface area contributed by atoms with Crippen molar-refractivity contribution in [2.24, 2.45) is 0 Å². The quantitative estimate of drug-likeness (QED) is 0.835. The molecule has 2 aromatic rings. The second-order valence-electron chi connectivity index (χ2n) is 5.27. The number of aromatic carboxylic acids is 1. The number of nitrogens with one attached hydrogen (secondary N) is 1. The van der Waals surface area contributed by atoms with E-state index in [-0.39, 0.29) is 29.2 Å². The van der Waals surface area contributed by atoms with Crippen molar-refractivity contribution in [2.75, 3.05) is 0 Å². The van der Waals surface area contributed by atoms with Crippen LogP contribution in [0.15, 0.2) is 18.2 Å². The smallest absolute Gasteiger partial charge is 0.347 e. The molecule has 0 bridgehead atoms. The molecule has 1 amide bonds. The van der Waals surface area contributed by atoms with Crippen LogP contribution in [-0.2, 0) is 11.2 Å². The summed E-state index contributed by atoms with van der Waals surface area (Å²) in [6.07, 6.45) is 0.0558. The molecule has 8 heteroatoms. The third-order valence-corrected chi connectivity index (χ3v) is 4.74. The lowest BCUT2D eigenvalue weighted by molar-refractivity contribution is -0.121. The molecule has 2 N–H and O–H groups in total. The zero-order valence-electron chi connectivity index (χ0n) is 13.1. The van der Waals surface area contributed by atoms with Crippen molar-refractivity contribution in [2.45, 2.75) is 32.7 Å². The molecule has 1 aromatic carbocycles. The third kappa shape index (κ3) is 4.14. The average molecular weight is 354 g/mol. The van der Waals surface area contributed by atoms with Crippen LogP contribution in [0.3, 0.4) is 0 Å². The molecule has 1 unspecified atom stereocenters. The Kier molecular flexibility index (Phi) is 5.61. The summed E-state index contributed by atoms with van der Waals surface area (Å²) in [7, 11) is 0. The maximum Gasteiger partial charge on any atom is 0.347 e. The Hall–Kier alpha value is -2.35. The second kappa shape index (κ2) is 7.48. The molecule has 0 radical (unpaired) electrons. The highest BCUT2D eigenvalue weighted by atomic mass is 32.1. The van der Waals surface area contributed by atoms with Crippen molar-refractivity contribution < 1.29 is 23.5 Å². The van der Waals surface area contributed by atoms with Crippen LogP contribution in [0.1, 0.15) is 45.3 Å². The van der Waals surface area contributed by atoms with Crippen LogP contribution < -0.4 is 5.32 Å². The first kappa shape index (κ1) is 18.0.